The maximum Gasteiger partial charge on any atom is 0.0736 e. The standard InChI is InChI=1S/C12H15NO/c13-10-6-12(7-11(10)14-8-12)9-4-2-1-3-5-9/h1-5,10-11H,6-8,13H2/t10-,11-,12-/m1/s1. The predicted molar refractivity (Wildman–Crippen MR) is 55.1 cm³/mol. The van der Waals surface area contributed by atoms with Crippen LogP contribution in [0.15, 0.2) is 30.3 Å². The van der Waals surface area contributed by atoms with Gasteiger partial charge in [0, 0.05) is 11.5 Å². The lowest BCUT2D eigenvalue weighted by atomic mass is 9.80. The fraction of sp³-hybridized carbons (Fsp3) is 0.500. The van der Waals surface area contributed by atoms with E-state index in [0.717, 1.165) is 19.4 Å². The topological polar surface area (TPSA) is 35.2 Å². The second-order valence-electron chi connectivity index (χ2n) is 4.57. The molecule has 2 aliphatic rings. The summed E-state index contributed by atoms with van der Waals surface area (Å²) in [5, 5.41) is 0. The summed E-state index contributed by atoms with van der Waals surface area (Å²) in [7, 11) is 0. The largest absolute Gasteiger partial charge is 0.376 e. The smallest absolute Gasteiger partial charge is 0.0736 e. The van der Waals surface area contributed by atoms with Crippen LogP contribution in [0.25, 0.3) is 0 Å². The van der Waals surface area contributed by atoms with Crippen molar-refractivity contribution < 1.29 is 4.74 Å². The first-order valence-electron chi connectivity index (χ1n) is 5.23. The molecule has 2 nitrogen and oxygen atoms in total. The summed E-state index contributed by atoms with van der Waals surface area (Å²) in [4.78, 5) is 0. The second-order valence-corrected chi connectivity index (χ2v) is 4.57. The van der Waals surface area contributed by atoms with Crippen LogP contribution in [0.5, 0.6) is 0 Å². The summed E-state index contributed by atoms with van der Waals surface area (Å²) >= 11 is 0. The van der Waals surface area contributed by atoms with Crippen molar-refractivity contribution in [3.8, 4) is 0 Å². The summed E-state index contributed by atoms with van der Waals surface area (Å²) < 4.78 is 5.70. The second kappa shape index (κ2) is 2.81. The Morgan fingerprint density at radius 2 is 2.00 bits per heavy atom. The molecule has 2 N–H and O–H groups in total. The molecule has 1 aliphatic carbocycles. The van der Waals surface area contributed by atoms with Crippen LogP contribution in [0.2, 0.25) is 0 Å². The zero-order chi connectivity index (χ0) is 9.60. The van der Waals surface area contributed by atoms with Crippen molar-refractivity contribution in [1.82, 2.24) is 0 Å². The zero-order valence-corrected chi connectivity index (χ0v) is 8.15. The molecule has 1 aromatic carbocycles. The van der Waals surface area contributed by atoms with E-state index in [1.165, 1.54) is 5.56 Å². The Labute approximate surface area is 84.1 Å². The molecule has 0 radical (unpaired) electrons. The molecule has 0 aromatic heterocycles. The Hall–Kier alpha value is -0.860. The molecule has 2 fully saturated rings. The minimum absolute atomic E-state index is 0.228. The van der Waals surface area contributed by atoms with Crippen LogP contribution in [-0.4, -0.2) is 18.8 Å². The third-order valence-electron chi connectivity index (χ3n) is 3.66. The maximum atomic E-state index is 6.02. The molecular formula is C12H15NO. The number of hydrogen-bond donors (Lipinski definition) is 1. The SMILES string of the molecule is N[C@@H]1C[C@]2(c3ccccc3)CO[C@@H]1C2. The molecule has 1 aliphatic heterocycles. The van der Waals surface area contributed by atoms with Crippen molar-refractivity contribution in [1.29, 1.82) is 0 Å². The predicted octanol–water partition coefficient (Wildman–Crippen LogP) is 1.44. The summed E-state index contributed by atoms with van der Waals surface area (Å²) in [5.41, 5.74) is 7.64. The van der Waals surface area contributed by atoms with Gasteiger partial charge in [0.1, 0.15) is 0 Å². The van der Waals surface area contributed by atoms with Crippen molar-refractivity contribution in [2.75, 3.05) is 6.61 Å². The molecule has 1 heterocycles. The van der Waals surface area contributed by atoms with Gasteiger partial charge in [-0.05, 0) is 18.4 Å². The number of nitrogens with two attached hydrogens (primary N) is 1. The molecule has 3 rings (SSSR count). The lowest BCUT2D eigenvalue weighted by Gasteiger charge is -2.28. The highest BCUT2D eigenvalue weighted by Gasteiger charge is 2.51. The van der Waals surface area contributed by atoms with Gasteiger partial charge in [-0.25, -0.2) is 0 Å². The third-order valence-corrected chi connectivity index (χ3v) is 3.66. The van der Waals surface area contributed by atoms with Crippen molar-refractivity contribution in [2.24, 2.45) is 5.73 Å². The van der Waals surface area contributed by atoms with Gasteiger partial charge in [0.2, 0.25) is 0 Å². The number of fused-ring (bicyclic) bond motifs is 2. The van der Waals surface area contributed by atoms with Crippen LogP contribution in [0.1, 0.15) is 18.4 Å². The van der Waals surface area contributed by atoms with Gasteiger partial charge in [0.15, 0.2) is 0 Å². The number of hydrogen-bond acceptors (Lipinski definition) is 2. The highest BCUT2D eigenvalue weighted by molar-refractivity contribution is 5.30. The fourth-order valence-corrected chi connectivity index (χ4v) is 2.88. The zero-order valence-electron chi connectivity index (χ0n) is 8.15. The van der Waals surface area contributed by atoms with Gasteiger partial charge in [-0.2, -0.15) is 0 Å². The average molecular weight is 189 g/mol. The lowest BCUT2D eigenvalue weighted by molar-refractivity contribution is 0.0551. The Morgan fingerprint density at radius 3 is 2.57 bits per heavy atom. The van der Waals surface area contributed by atoms with Crippen LogP contribution < -0.4 is 5.73 Å². The van der Waals surface area contributed by atoms with Gasteiger partial charge >= 0.3 is 0 Å². The molecule has 2 heteroatoms. The van der Waals surface area contributed by atoms with Crippen LogP contribution in [0.3, 0.4) is 0 Å². The van der Waals surface area contributed by atoms with Crippen molar-refractivity contribution in [3.63, 3.8) is 0 Å². The van der Waals surface area contributed by atoms with E-state index in [2.05, 4.69) is 30.3 Å². The van der Waals surface area contributed by atoms with E-state index in [-0.39, 0.29) is 11.5 Å². The highest BCUT2D eigenvalue weighted by atomic mass is 16.5. The first-order chi connectivity index (χ1) is 6.80. The van der Waals surface area contributed by atoms with Crippen LogP contribution in [-0.2, 0) is 10.2 Å². The minimum Gasteiger partial charge on any atom is -0.376 e. The van der Waals surface area contributed by atoms with Crippen LogP contribution in [0.4, 0.5) is 0 Å². The van der Waals surface area contributed by atoms with Crippen molar-refractivity contribution in [2.45, 2.75) is 30.4 Å². The van der Waals surface area contributed by atoms with Gasteiger partial charge in [-0.3, -0.25) is 0 Å². The Kier molecular flexibility index (Phi) is 1.70. The molecule has 3 atom stereocenters. The average Bonchev–Trinajstić information content (AvgIpc) is 2.77. The minimum atomic E-state index is 0.228. The summed E-state index contributed by atoms with van der Waals surface area (Å²) in [6.07, 6.45) is 2.50. The normalized spacial score (nSPS) is 40.4. The highest BCUT2D eigenvalue weighted by Crippen LogP contribution is 2.47. The van der Waals surface area contributed by atoms with Gasteiger partial charge in [0.25, 0.3) is 0 Å². The molecular weight excluding hydrogens is 174 g/mol. The first kappa shape index (κ1) is 8.45. The molecule has 0 spiro atoms. The third kappa shape index (κ3) is 1.04. The fourth-order valence-electron chi connectivity index (χ4n) is 2.88. The summed E-state index contributed by atoms with van der Waals surface area (Å²) in [6.45, 7) is 0.857. The van der Waals surface area contributed by atoms with E-state index in [9.17, 15) is 0 Å². The van der Waals surface area contributed by atoms with E-state index >= 15 is 0 Å². The lowest BCUT2D eigenvalue weighted by Crippen LogP contribution is -2.37. The van der Waals surface area contributed by atoms with E-state index in [0.29, 0.717) is 6.10 Å². The van der Waals surface area contributed by atoms with Crippen molar-refractivity contribution >= 4 is 0 Å². The van der Waals surface area contributed by atoms with Crippen LogP contribution >= 0.6 is 0 Å². The number of rotatable bonds is 1. The van der Waals surface area contributed by atoms with Crippen LogP contribution in [0, 0.1) is 0 Å². The van der Waals surface area contributed by atoms with Gasteiger partial charge < -0.3 is 10.5 Å². The Balaban J connectivity index is 1.99. The van der Waals surface area contributed by atoms with Gasteiger partial charge in [-0.1, -0.05) is 30.3 Å². The molecule has 1 saturated heterocycles. The molecule has 2 bridgehead atoms. The quantitative estimate of drug-likeness (QED) is 0.725. The summed E-state index contributed by atoms with van der Waals surface area (Å²) in [6, 6.07) is 10.9. The molecule has 14 heavy (non-hydrogen) atoms. The van der Waals surface area contributed by atoms with E-state index < -0.39 is 0 Å². The number of benzene rings is 1. The van der Waals surface area contributed by atoms with E-state index in [1.54, 1.807) is 0 Å². The Bertz CT molecular complexity index is 333. The van der Waals surface area contributed by atoms with E-state index in [1.807, 2.05) is 0 Å². The molecule has 1 aromatic rings. The molecule has 1 saturated carbocycles. The monoisotopic (exact) mass is 189 g/mol. The molecule has 0 amide bonds. The molecule has 74 valence electrons. The molecule has 0 unspecified atom stereocenters. The Morgan fingerprint density at radius 1 is 1.21 bits per heavy atom. The maximum absolute atomic E-state index is 6.02. The van der Waals surface area contributed by atoms with Gasteiger partial charge in [-0.15, -0.1) is 0 Å². The van der Waals surface area contributed by atoms with E-state index in [4.69, 9.17) is 10.5 Å². The summed E-state index contributed by atoms with van der Waals surface area (Å²) in [5.74, 6) is 0. The first-order valence-corrected chi connectivity index (χ1v) is 5.23. The van der Waals surface area contributed by atoms with Gasteiger partial charge in [0.05, 0.1) is 12.7 Å². The van der Waals surface area contributed by atoms with Crippen molar-refractivity contribution in [3.05, 3.63) is 35.9 Å². The number of ether oxygens (including phenoxy) is 1.